The number of nitrogens with one attached hydrogen (secondary N) is 1. The largest absolute Gasteiger partial charge is 0.314 e. The maximum Gasteiger partial charge on any atom is 0.259 e. The number of amides is 1. The second-order valence-electron chi connectivity index (χ2n) is 5.01. The molecule has 5 nitrogen and oxygen atoms in total. The molecule has 0 aromatic heterocycles. The van der Waals surface area contributed by atoms with E-state index in [1.165, 1.54) is 13.8 Å². The van der Waals surface area contributed by atoms with Crippen molar-refractivity contribution in [2.24, 2.45) is 0 Å². The molecule has 0 spiro atoms. The lowest BCUT2D eigenvalue weighted by Gasteiger charge is -2.50. The molecule has 0 aromatic carbocycles. The van der Waals surface area contributed by atoms with Crippen LogP contribution in [0.2, 0.25) is 0 Å². The number of rotatable bonds is 1. The highest BCUT2D eigenvalue weighted by atomic mass is 32.2. The highest BCUT2D eigenvalue weighted by molar-refractivity contribution is 7.94. The van der Waals surface area contributed by atoms with Crippen LogP contribution in [-0.4, -0.2) is 42.0 Å². The van der Waals surface area contributed by atoms with E-state index in [2.05, 4.69) is 5.32 Å². The van der Waals surface area contributed by atoms with E-state index in [0.717, 1.165) is 10.8 Å². The number of hydrogen-bond donors (Lipinski definition) is 1. The van der Waals surface area contributed by atoms with Crippen LogP contribution in [0.4, 0.5) is 0 Å². The number of carbonyl (C=O) groups excluding carboxylic acids is 1. The van der Waals surface area contributed by atoms with Crippen LogP contribution in [0.3, 0.4) is 0 Å². The van der Waals surface area contributed by atoms with Gasteiger partial charge in [-0.1, -0.05) is 0 Å². The third-order valence-electron chi connectivity index (χ3n) is 3.42. The Labute approximate surface area is 89.9 Å². The Morgan fingerprint density at radius 1 is 1.33 bits per heavy atom. The van der Waals surface area contributed by atoms with E-state index in [1.807, 2.05) is 6.92 Å². The second kappa shape index (κ2) is 2.74. The smallest absolute Gasteiger partial charge is 0.259 e. The van der Waals surface area contributed by atoms with E-state index in [0.29, 0.717) is 13.0 Å². The summed E-state index contributed by atoms with van der Waals surface area (Å²) in [6.45, 7) is 6.06. The SMILES string of the molecule is CC1(N2C(=O)C(C)(C)S2(=O)=O)CCNC1. The first kappa shape index (κ1) is 10.9. The van der Waals surface area contributed by atoms with Crippen molar-refractivity contribution in [3.8, 4) is 0 Å². The number of hydrogen-bond acceptors (Lipinski definition) is 4. The Bertz CT molecular complexity index is 407. The van der Waals surface area contributed by atoms with Gasteiger partial charge >= 0.3 is 0 Å². The molecule has 0 aliphatic carbocycles. The van der Waals surface area contributed by atoms with E-state index in [1.54, 1.807) is 0 Å². The fraction of sp³-hybridized carbons (Fsp3) is 0.889. The number of sulfonamides is 1. The van der Waals surface area contributed by atoms with Gasteiger partial charge in [0.25, 0.3) is 15.9 Å². The minimum Gasteiger partial charge on any atom is -0.314 e. The molecule has 6 heteroatoms. The van der Waals surface area contributed by atoms with E-state index in [-0.39, 0.29) is 5.91 Å². The van der Waals surface area contributed by atoms with Crippen LogP contribution in [0.25, 0.3) is 0 Å². The molecule has 1 amide bonds. The molecule has 2 aliphatic rings. The molecule has 2 fully saturated rings. The van der Waals surface area contributed by atoms with Gasteiger partial charge < -0.3 is 5.32 Å². The standard InChI is InChI=1S/C9H16N2O3S/c1-8(2)7(12)11(15(8,13)14)9(3)4-5-10-6-9/h10H,4-6H2,1-3H3. The summed E-state index contributed by atoms with van der Waals surface area (Å²) in [4.78, 5) is 11.8. The van der Waals surface area contributed by atoms with E-state index < -0.39 is 20.3 Å². The lowest BCUT2D eigenvalue weighted by Crippen LogP contribution is -2.73. The van der Waals surface area contributed by atoms with Gasteiger partial charge in [-0.15, -0.1) is 0 Å². The molecule has 0 aromatic rings. The maximum atomic E-state index is 12.0. The Balaban J connectivity index is 2.38. The van der Waals surface area contributed by atoms with Crippen molar-refractivity contribution in [1.82, 2.24) is 9.62 Å². The van der Waals surface area contributed by atoms with Crippen LogP contribution in [0.1, 0.15) is 27.2 Å². The molecule has 0 saturated carbocycles. The van der Waals surface area contributed by atoms with Crippen molar-refractivity contribution in [3.05, 3.63) is 0 Å². The molecule has 2 saturated heterocycles. The van der Waals surface area contributed by atoms with E-state index in [9.17, 15) is 13.2 Å². The van der Waals surface area contributed by atoms with Gasteiger partial charge in [0, 0.05) is 6.54 Å². The Hall–Kier alpha value is -0.620. The molecule has 15 heavy (non-hydrogen) atoms. The lowest BCUT2D eigenvalue weighted by molar-refractivity contribution is -0.136. The summed E-state index contributed by atoms with van der Waals surface area (Å²) in [6.07, 6.45) is 0.689. The summed E-state index contributed by atoms with van der Waals surface area (Å²) in [5.41, 5.74) is -0.564. The third-order valence-corrected chi connectivity index (χ3v) is 5.97. The number of carbonyl (C=O) groups is 1. The topological polar surface area (TPSA) is 66.5 Å². The van der Waals surface area contributed by atoms with E-state index in [4.69, 9.17) is 0 Å². The summed E-state index contributed by atoms with van der Waals surface area (Å²) in [5.74, 6) is -0.284. The zero-order valence-corrected chi connectivity index (χ0v) is 10.0. The van der Waals surface area contributed by atoms with Gasteiger partial charge in [0.05, 0.1) is 5.54 Å². The van der Waals surface area contributed by atoms with Crippen LogP contribution in [0, 0.1) is 0 Å². The first-order chi connectivity index (χ1) is 6.73. The minimum atomic E-state index is -3.45. The van der Waals surface area contributed by atoms with E-state index >= 15 is 0 Å². The molecular weight excluding hydrogens is 216 g/mol. The molecule has 1 unspecified atom stereocenters. The second-order valence-corrected chi connectivity index (χ2v) is 7.34. The van der Waals surface area contributed by atoms with Crippen molar-refractivity contribution in [2.75, 3.05) is 13.1 Å². The van der Waals surface area contributed by atoms with Crippen LogP contribution in [0.5, 0.6) is 0 Å². The van der Waals surface area contributed by atoms with Gasteiger partial charge in [-0.05, 0) is 33.7 Å². The quantitative estimate of drug-likeness (QED) is 0.673. The van der Waals surface area contributed by atoms with Crippen molar-refractivity contribution in [2.45, 2.75) is 37.5 Å². The Kier molecular flexibility index (Phi) is 1.98. The van der Waals surface area contributed by atoms with Crippen LogP contribution < -0.4 is 5.32 Å². The molecule has 2 rings (SSSR count). The van der Waals surface area contributed by atoms with Crippen LogP contribution in [0.15, 0.2) is 0 Å². The van der Waals surface area contributed by atoms with Crippen molar-refractivity contribution in [1.29, 1.82) is 0 Å². The summed E-state index contributed by atoms with van der Waals surface area (Å²) in [5, 5.41) is 3.09. The molecule has 86 valence electrons. The van der Waals surface area contributed by atoms with Crippen molar-refractivity contribution < 1.29 is 13.2 Å². The van der Waals surface area contributed by atoms with Gasteiger partial charge in [-0.2, -0.15) is 0 Å². The first-order valence-electron chi connectivity index (χ1n) is 5.04. The number of nitrogens with zero attached hydrogens (tertiary/aromatic N) is 1. The Morgan fingerprint density at radius 3 is 2.33 bits per heavy atom. The molecule has 0 bridgehead atoms. The average molecular weight is 232 g/mol. The minimum absolute atomic E-state index is 0.284. The van der Waals surface area contributed by atoms with Crippen LogP contribution >= 0.6 is 0 Å². The molecule has 0 radical (unpaired) electrons. The fourth-order valence-corrected chi connectivity index (χ4v) is 3.98. The zero-order valence-electron chi connectivity index (χ0n) is 9.20. The van der Waals surface area contributed by atoms with Gasteiger partial charge in [-0.25, -0.2) is 12.7 Å². The Morgan fingerprint density at radius 2 is 1.93 bits per heavy atom. The van der Waals surface area contributed by atoms with Gasteiger partial charge in [0.15, 0.2) is 4.75 Å². The first-order valence-corrected chi connectivity index (χ1v) is 6.48. The summed E-state index contributed by atoms with van der Waals surface area (Å²) < 4.78 is 23.7. The molecule has 1 N–H and O–H groups in total. The van der Waals surface area contributed by atoms with Gasteiger partial charge in [0.1, 0.15) is 0 Å². The fourth-order valence-electron chi connectivity index (χ4n) is 2.17. The summed E-state index contributed by atoms with van der Waals surface area (Å²) in [6, 6.07) is 0. The summed E-state index contributed by atoms with van der Waals surface area (Å²) in [7, 11) is -3.45. The maximum absolute atomic E-state index is 12.0. The zero-order chi connectivity index (χ0) is 11.5. The monoisotopic (exact) mass is 232 g/mol. The average Bonchev–Trinajstić information content (AvgIpc) is 2.51. The molecule has 1 atom stereocenters. The molecular formula is C9H16N2O3S. The molecule has 2 heterocycles. The van der Waals surface area contributed by atoms with Crippen molar-refractivity contribution in [3.63, 3.8) is 0 Å². The van der Waals surface area contributed by atoms with Crippen LogP contribution in [-0.2, 0) is 14.8 Å². The predicted molar refractivity (Wildman–Crippen MR) is 55.7 cm³/mol. The van der Waals surface area contributed by atoms with Gasteiger partial charge in [-0.3, -0.25) is 4.79 Å². The normalized spacial score (nSPS) is 37.8. The van der Waals surface area contributed by atoms with Gasteiger partial charge in [0.2, 0.25) is 0 Å². The van der Waals surface area contributed by atoms with Crippen molar-refractivity contribution >= 4 is 15.9 Å². The lowest BCUT2D eigenvalue weighted by atomic mass is 9.99. The third kappa shape index (κ3) is 1.12. The molecule has 2 aliphatic heterocycles. The predicted octanol–water partition coefficient (Wildman–Crippen LogP) is -0.311. The highest BCUT2D eigenvalue weighted by Gasteiger charge is 2.65. The highest BCUT2D eigenvalue weighted by Crippen LogP contribution is 2.42. The summed E-state index contributed by atoms with van der Waals surface area (Å²) >= 11 is 0.